The summed E-state index contributed by atoms with van der Waals surface area (Å²) >= 11 is 0. The van der Waals surface area contributed by atoms with Gasteiger partial charge in [-0.1, -0.05) is 18.2 Å². The van der Waals surface area contributed by atoms with Gasteiger partial charge in [0.15, 0.2) is 11.5 Å². The zero-order chi connectivity index (χ0) is 22.1. The van der Waals surface area contributed by atoms with Gasteiger partial charge in [-0.05, 0) is 65.6 Å². The van der Waals surface area contributed by atoms with Crippen LogP contribution in [0.1, 0.15) is 28.8 Å². The topological polar surface area (TPSA) is 77.1 Å². The van der Waals surface area contributed by atoms with Crippen molar-refractivity contribution in [2.24, 2.45) is 0 Å². The largest absolute Gasteiger partial charge is 0.497 e. The van der Waals surface area contributed by atoms with Crippen LogP contribution >= 0.6 is 0 Å². The first-order chi connectivity index (χ1) is 15.6. The summed E-state index contributed by atoms with van der Waals surface area (Å²) in [5, 5.41) is 5.16. The van der Waals surface area contributed by atoms with Crippen LogP contribution in [-0.4, -0.2) is 43.2 Å². The van der Waals surface area contributed by atoms with Gasteiger partial charge in [-0.2, -0.15) is 0 Å². The molecule has 2 aliphatic heterocycles. The molecule has 0 aliphatic carbocycles. The first-order valence-corrected chi connectivity index (χ1v) is 10.7. The number of amides is 2. The van der Waals surface area contributed by atoms with Crippen molar-refractivity contribution < 1.29 is 23.8 Å². The normalized spacial score (nSPS) is 16.9. The summed E-state index contributed by atoms with van der Waals surface area (Å²) < 4.78 is 16.0. The molecule has 1 atom stereocenters. The lowest BCUT2D eigenvalue weighted by Crippen LogP contribution is -2.45. The number of fused-ring (bicyclic) bond motifs is 2. The number of rotatable bonds is 5. The Balaban J connectivity index is 1.25. The Bertz CT molecular complexity index is 1190. The van der Waals surface area contributed by atoms with Crippen LogP contribution in [0.3, 0.4) is 0 Å². The van der Waals surface area contributed by atoms with Gasteiger partial charge >= 0.3 is 0 Å². The highest BCUT2D eigenvalue weighted by Gasteiger charge is 2.34. The number of ether oxygens (including phenoxy) is 3. The highest BCUT2D eigenvalue weighted by molar-refractivity contribution is 5.98. The zero-order valence-electron chi connectivity index (χ0n) is 17.8. The molecule has 32 heavy (non-hydrogen) atoms. The van der Waals surface area contributed by atoms with Gasteiger partial charge in [-0.25, -0.2) is 0 Å². The van der Waals surface area contributed by atoms with E-state index in [1.54, 1.807) is 30.2 Å². The van der Waals surface area contributed by atoms with Crippen molar-refractivity contribution in [3.05, 3.63) is 65.7 Å². The highest BCUT2D eigenvalue weighted by Crippen LogP contribution is 2.33. The summed E-state index contributed by atoms with van der Waals surface area (Å²) in [7, 11) is 1.65. The Kier molecular flexibility index (Phi) is 5.31. The van der Waals surface area contributed by atoms with Crippen molar-refractivity contribution in [2.75, 3.05) is 20.4 Å². The molecule has 0 spiro atoms. The van der Waals surface area contributed by atoms with E-state index in [1.165, 1.54) is 0 Å². The second-order valence-corrected chi connectivity index (χ2v) is 7.99. The fraction of sp³-hybridized carbons (Fsp3) is 0.280. The van der Waals surface area contributed by atoms with Crippen LogP contribution in [0.25, 0.3) is 10.8 Å². The van der Waals surface area contributed by atoms with Gasteiger partial charge in [0.25, 0.3) is 5.91 Å². The Labute approximate surface area is 185 Å². The molecule has 7 nitrogen and oxygen atoms in total. The molecule has 3 aromatic rings. The molecule has 0 radical (unpaired) electrons. The standard InChI is InChI=1S/C25H24N2O5/c1-30-20-8-6-17-11-16(4-5-18(17)12-20)14-26-24(28)21-3-2-10-27(21)25(29)19-7-9-22-23(13-19)32-15-31-22/h4-9,11-13,21H,2-3,10,14-15H2,1H3,(H,26,28)/t21-/m1/s1. The molecule has 1 saturated heterocycles. The summed E-state index contributed by atoms with van der Waals surface area (Å²) in [6, 6.07) is 16.6. The summed E-state index contributed by atoms with van der Waals surface area (Å²) in [6.07, 6.45) is 1.45. The van der Waals surface area contributed by atoms with Gasteiger partial charge in [0, 0.05) is 18.7 Å². The van der Waals surface area contributed by atoms with Crippen LogP contribution < -0.4 is 19.5 Å². The molecule has 1 N–H and O–H groups in total. The molecule has 5 rings (SSSR count). The molecule has 2 heterocycles. The third kappa shape index (κ3) is 3.82. The minimum atomic E-state index is -0.474. The molecule has 3 aromatic carbocycles. The molecule has 0 saturated carbocycles. The number of carbonyl (C=O) groups is 2. The predicted molar refractivity (Wildman–Crippen MR) is 119 cm³/mol. The third-order valence-corrected chi connectivity index (χ3v) is 6.01. The van der Waals surface area contributed by atoms with Gasteiger partial charge in [-0.3, -0.25) is 9.59 Å². The minimum absolute atomic E-state index is 0.133. The van der Waals surface area contributed by atoms with E-state index in [0.29, 0.717) is 36.6 Å². The number of likely N-dealkylation sites (tertiary alicyclic amines) is 1. The Morgan fingerprint density at radius 3 is 2.72 bits per heavy atom. The van der Waals surface area contributed by atoms with E-state index in [4.69, 9.17) is 14.2 Å². The quantitative estimate of drug-likeness (QED) is 0.668. The van der Waals surface area contributed by atoms with E-state index in [2.05, 4.69) is 11.4 Å². The van der Waals surface area contributed by atoms with Crippen molar-refractivity contribution >= 4 is 22.6 Å². The number of hydrogen-bond donors (Lipinski definition) is 1. The second-order valence-electron chi connectivity index (χ2n) is 7.99. The number of methoxy groups -OCH3 is 1. The van der Waals surface area contributed by atoms with Crippen molar-refractivity contribution in [3.8, 4) is 17.2 Å². The molecule has 164 valence electrons. The lowest BCUT2D eigenvalue weighted by atomic mass is 10.1. The van der Waals surface area contributed by atoms with Gasteiger partial charge in [0.05, 0.1) is 7.11 Å². The van der Waals surface area contributed by atoms with E-state index in [0.717, 1.165) is 28.5 Å². The van der Waals surface area contributed by atoms with Crippen molar-refractivity contribution in [2.45, 2.75) is 25.4 Å². The van der Waals surface area contributed by atoms with Gasteiger partial charge in [0.1, 0.15) is 11.8 Å². The monoisotopic (exact) mass is 432 g/mol. The maximum atomic E-state index is 13.1. The van der Waals surface area contributed by atoms with Gasteiger partial charge in [-0.15, -0.1) is 0 Å². The molecule has 0 bridgehead atoms. The maximum Gasteiger partial charge on any atom is 0.254 e. The van der Waals surface area contributed by atoms with E-state index in [-0.39, 0.29) is 18.6 Å². The van der Waals surface area contributed by atoms with E-state index in [1.807, 2.05) is 30.3 Å². The van der Waals surface area contributed by atoms with Crippen LogP contribution in [0.2, 0.25) is 0 Å². The van der Waals surface area contributed by atoms with Crippen LogP contribution in [-0.2, 0) is 11.3 Å². The average molecular weight is 432 g/mol. The molecule has 7 heteroatoms. The van der Waals surface area contributed by atoms with Crippen LogP contribution in [0, 0.1) is 0 Å². The number of benzene rings is 3. The minimum Gasteiger partial charge on any atom is -0.497 e. The van der Waals surface area contributed by atoms with Crippen LogP contribution in [0.15, 0.2) is 54.6 Å². The molecule has 0 aromatic heterocycles. The van der Waals surface area contributed by atoms with Crippen LogP contribution in [0.5, 0.6) is 17.2 Å². The third-order valence-electron chi connectivity index (χ3n) is 6.01. The molecule has 2 aliphatic rings. The van der Waals surface area contributed by atoms with Gasteiger partial charge in [0.2, 0.25) is 12.7 Å². The number of nitrogens with zero attached hydrogens (tertiary/aromatic N) is 1. The lowest BCUT2D eigenvalue weighted by molar-refractivity contribution is -0.125. The van der Waals surface area contributed by atoms with E-state index < -0.39 is 6.04 Å². The smallest absolute Gasteiger partial charge is 0.254 e. The summed E-state index contributed by atoms with van der Waals surface area (Å²) in [6.45, 7) is 1.12. The number of nitrogens with one attached hydrogen (secondary N) is 1. The van der Waals surface area contributed by atoms with E-state index in [9.17, 15) is 9.59 Å². The summed E-state index contributed by atoms with van der Waals surface area (Å²) in [5.41, 5.74) is 1.50. The molecule has 2 amide bonds. The highest BCUT2D eigenvalue weighted by atomic mass is 16.7. The molecular formula is C25H24N2O5. The molecule has 1 fully saturated rings. The fourth-order valence-electron chi connectivity index (χ4n) is 4.29. The SMILES string of the molecule is COc1ccc2cc(CNC(=O)[C@H]3CCCN3C(=O)c3ccc4c(c3)OCO4)ccc2c1. The summed E-state index contributed by atoms with van der Waals surface area (Å²) in [5.74, 6) is 1.70. The zero-order valence-corrected chi connectivity index (χ0v) is 17.8. The van der Waals surface area contributed by atoms with Crippen molar-refractivity contribution in [3.63, 3.8) is 0 Å². The fourth-order valence-corrected chi connectivity index (χ4v) is 4.29. The number of hydrogen-bond acceptors (Lipinski definition) is 5. The Hall–Kier alpha value is -3.74. The van der Waals surface area contributed by atoms with Crippen LogP contribution in [0.4, 0.5) is 0 Å². The average Bonchev–Trinajstić information content (AvgIpc) is 3.50. The first kappa shape index (κ1) is 20.2. The molecular weight excluding hydrogens is 408 g/mol. The van der Waals surface area contributed by atoms with Gasteiger partial charge < -0.3 is 24.4 Å². The first-order valence-electron chi connectivity index (χ1n) is 10.7. The lowest BCUT2D eigenvalue weighted by Gasteiger charge is -2.24. The van der Waals surface area contributed by atoms with Crippen molar-refractivity contribution in [1.29, 1.82) is 0 Å². The Morgan fingerprint density at radius 1 is 1.03 bits per heavy atom. The number of carbonyl (C=O) groups excluding carboxylic acids is 2. The maximum absolute atomic E-state index is 13.1. The predicted octanol–water partition coefficient (Wildman–Crippen LogP) is 3.50. The summed E-state index contributed by atoms with van der Waals surface area (Å²) in [4.78, 5) is 27.7. The second kappa shape index (κ2) is 8.42. The molecule has 0 unspecified atom stereocenters. The van der Waals surface area contributed by atoms with Crippen molar-refractivity contribution in [1.82, 2.24) is 10.2 Å². The Morgan fingerprint density at radius 2 is 1.84 bits per heavy atom. The van der Waals surface area contributed by atoms with E-state index >= 15 is 0 Å².